The van der Waals surface area contributed by atoms with Gasteiger partial charge in [-0.15, -0.1) is 0 Å². The number of methoxy groups -OCH3 is 1. The van der Waals surface area contributed by atoms with Crippen molar-refractivity contribution in [2.45, 2.75) is 38.8 Å². The van der Waals surface area contributed by atoms with E-state index in [2.05, 4.69) is 5.32 Å². The Kier molecular flexibility index (Phi) is 12.6. The van der Waals surface area contributed by atoms with E-state index in [9.17, 15) is 31.5 Å². The van der Waals surface area contributed by atoms with Crippen LogP contribution in [0.5, 0.6) is 0 Å². The van der Waals surface area contributed by atoms with E-state index in [0.29, 0.717) is 30.6 Å². The molecule has 0 saturated heterocycles. The van der Waals surface area contributed by atoms with Crippen molar-refractivity contribution in [3.05, 3.63) is 95.1 Å². The lowest BCUT2D eigenvalue weighted by Gasteiger charge is -2.23. The summed E-state index contributed by atoms with van der Waals surface area (Å²) in [7, 11) is -5.58. The van der Waals surface area contributed by atoms with Gasteiger partial charge in [-0.05, 0) is 66.1 Å². The first-order chi connectivity index (χ1) is 20.8. The number of hydrogen-bond acceptors (Lipinski definition) is 7. The van der Waals surface area contributed by atoms with Crippen molar-refractivity contribution in [2.75, 3.05) is 38.0 Å². The van der Waals surface area contributed by atoms with Gasteiger partial charge in [0, 0.05) is 38.6 Å². The van der Waals surface area contributed by atoms with Gasteiger partial charge in [0.25, 0.3) is 5.91 Å². The van der Waals surface area contributed by atoms with Crippen molar-refractivity contribution in [2.24, 2.45) is 0 Å². The van der Waals surface area contributed by atoms with Crippen molar-refractivity contribution in [1.29, 1.82) is 0 Å². The summed E-state index contributed by atoms with van der Waals surface area (Å²) in [5.74, 6) is -2.50. The van der Waals surface area contributed by atoms with Gasteiger partial charge in [0.1, 0.15) is 15.9 Å². The van der Waals surface area contributed by atoms with Gasteiger partial charge in [-0.1, -0.05) is 60.7 Å². The molecule has 238 valence electrons. The highest BCUT2D eigenvalue weighted by Crippen LogP contribution is 2.29. The Bertz CT molecular complexity index is 1640. The number of nitrogens with zero attached hydrogens (tertiary/aromatic N) is 1. The molecule has 3 aromatic rings. The fourth-order valence-corrected chi connectivity index (χ4v) is 6.86. The van der Waals surface area contributed by atoms with E-state index in [-0.39, 0.29) is 30.8 Å². The molecule has 1 unspecified atom stereocenters. The van der Waals surface area contributed by atoms with Gasteiger partial charge in [0.15, 0.2) is 0 Å². The molecule has 0 aliphatic carbocycles. The molecule has 0 aromatic heterocycles. The Labute approximate surface area is 260 Å². The lowest BCUT2D eigenvalue weighted by molar-refractivity contribution is -0.139. The number of carboxylic acids is 1. The average Bonchev–Trinajstić information content (AvgIpc) is 2.97. The SMILES string of the molecule is COCCCS(=O)(=O)N(CCc1ccccc1)Cc1ccc(C(=O)NC(CCS(C)(=O)=O)C(=O)O)c(-c2ccccc2C)c1. The fraction of sp³-hybridized carbons (Fsp3) is 0.375. The zero-order valence-electron chi connectivity index (χ0n) is 25.2. The molecule has 0 aliphatic rings. The Morgan fingerprint density at radius 3 is 2.23 bits per heavy atom. The first-order valence-corrected chi connectivity index (χ1v) is 17.9. The van der Waals surface area contributed by atoms with Crippen LogP contribution in [0.3, 0.4) is 0 Å². The Balaban J connectivity index is 1.98. The molecule has 44 heavy (non-hydrogen) atoms. The van der Waals surface area contributed by atoms with Crippen molar-refractivity contribution in [3.63, 3.8) is 0 Å². The molecule has 3 aromatic carbocycles. The van der Waals surface area contributed by atoms with Crippen LogP contribution in [-0.4, -0.2) is 82.2 Å². The van der Waals surface area contributed by atoms with Crippen LogP contribution in [0.25, 0.3) is 11.1 Å². The minimum atomic E-state index is -3.66. The number of carboxylic acid groups (broad SMARTS) is 1. The van der Waals surface area contributed by atoms with Gasteiger partial charge in [-0.2, -0.15) is 4.31 Å². The summed E-state index contributed by atoms with van der Waals surface area (Å²) in [6, 6.07) is 20.5. The topological polar surface area (TPSA) is 147 Å². The number of hydrogen-bond donors (Lipinski definition) is 2. The molecule has 0 fully saturated rings. The summed E-state index contributed by atoms with van der Waals surface area (Å²) in [4.78, 5) is 25.3. The number of rotatable bonds is 17. The third-order valence-corrected chi connectivity index (χ3v) is 10.0. The second-order valence-electron chi connectivity index (χ2n) is 10.7. The molecule has 1 amide bonds. The molecule has 0 saturated carbocycles. The fourth-order valence-electron chi connectivity index (χ4n) is 4.74. The molecule has 0 heterocycles. The van der Waals surface area contributed by atoms with Crippen LogP contribution in [0.4, 0.5) is 0 Å². The van der Waals surface area contributed by atoms with E-state index < -0.39 is 43.5 Å². The first-order valence-electron chi connectivity index (χ1n) is 14.2. The highest BCUT2D eigenvalue weighted by atomic mass is 32.2. The van der Waals surface area contributed by atoms with Gasteiger partial charge >= 0.3 is 5.97 Å². The molecule has 3 rings (SSSR count). The third kappa shape index (κ3) is 10.5. The minimum absolute atomic E-state index is 0.0645. The molecule has 12 heteroatoms. The molecule has 10 nitrogen and oxygen atoms in total. The van der Waals surface area contributed by atoms with Crippen LogP contribution in [0.1, 0.15) is 39.9 Å². The highest BCUT2D eigenvalue weighted by Gasteiger charge is 2.26. The largest absolute Gasteiger partial charge is 0.480 e. The maximum atomic E-state index is 13.4. The number of sulfone groups is 1. The Hall–Kier alpha value is -3.58. The summed E-state index contributed by atoms with van der Waals surface area (Å²) in [6.07, 6.45) is 1.58. The maximum absolute atomic E-state index is 13.4. The average molecular weight is 645 g/mol. The third-order valence-electron chi connectivity index (χ3n) is 7.14. The van der Waals surface area contributed by atoms with Crippen LogP contribution in [-0.2, 0) is 42.4 Å². The number of carbonyl (C=O) groups excluding carboxylic acids is 1. The number of benzene rings is 3. The number of sulfonamides is 1. The van der Waals surface area contributed by atoms with Crippen LogP contribution in [0.2, 0.25) is 0 Å². The number of ether oxygens (including phenoxy) is 1. The van der Waals surface area contributed by atoms with Gasteiger partial charge in [0.2, 0.25) is 10.0 Å². The van der Waals surface area contributed by atoms with E-state index in [1.54, 1.807) is 18.2 Å². The van der Waals surface area contributed by atoms with Crippen LogP contribution in [0, 0.1) is 6.92 Å². The number of carbonyl (C=O) groups is 2. The molecule has 0 aliphatic heterocycles. The summed E-state index contributed by atoms with van der Waals surface area (Å²) in [5, 5.41) is 12.1. The number of aryl methyl sites for hydroxylation is 1. The van der Waals surface area contributed by atoms with E-state index in [4.69, 9.17) is 4.74 Å². The molecular weight excluding hydrogens is 604 g/mol. The Morgan fingerprint density at radius 2 is 1.59 bits per heavy atom. The lowest BCUT2D eigenvalue weighted by atomic mass is 9.93. The predicted octanol–water partition coefficient (Wildman–Crippen LogP) is 3.69. The number of nitrogens with one attached hydrogen (secondary N) is 1. The lowest BCUT2D eigenvalue weighted by Crippen LogP contribution is -2.42. The van der Waals surface area contributed by atoms with Gasteiger partial charge in [-0.3, -0.25) is 4.79 Å². The molecule has 0 radical (unpaired) electrons. The monoisotopic (exact) mass is 644 g/mol. The summed E-state index contributed by atoms with van der Waals surface area (Å²) < 4.78 is 56.6. The minimum Gasteiger partial charge on any atom is -0.480 e. The number of amides is 1. The predicted molar refractivity (Wildman–Crippen MR) is 171 cm³/mol. The molecule has 0 bridgehead atoms. The second kappa shape index (κ2) is 15.9. The summed E-state index contributed by atoms with van der Waals surface area (Å²) >= 11 is 0. The van der Waals surface area contributed by atoms with Crippen molar-refractivity contribution in [3.8, 4) is 11.1 Å². The molecule has 0 spiro atoms. The van der Waals surface area contributed by atoms with E-state index in [1.807, 2.05) is 61.5 Å². The maximum Gasteiger partial charge on any atom is 0.326 e. The zero-order valence-corrected chi connectivity index (χ0v) is 26.9. The van der Waals surface area contributed by atoms with Crippen LogP contribution >= 0.6 is 0 Å². The highest BCUT2D eigenvalue weighted by molar-refractivity contribution is 7.90. The zero-order chi connectivity index (χ0) is 32.3. The first kappa shape index (κ1) is 34.9. The number of aliphatic carboxylic acids is 1. The molecule has 1 atom stereocenters. The van der Waals surface area contributed by atoms with Crippen molar-refractivity contribution >= 4 is 31.7 Å². The quantitative estimate of drug-likeness (QED) is 0.212. The van der Waals surface area contributed by atoms with E-state index >= 15 is 0 Å². The summed E-state index contributed by atoms with van der Waals surface area (Å²) in [6.45, 7) is 2.51. The Morgan fingerprint density at radius 1 is 0.909 bits per heavy atom. The second-order valence-corrected chi connectivity index (χ2v) is 15.1. The van der Waals surface area contributed by atoms with Gasteiger partial charge in [-0.25, -0.2) is 21.6 Å². The standard InChI is InChI=1S/C32H40N2O8S2/c1-24-10-7-8-13-27(24)29-22-26(14-15-28(29)31(35)33-30(32(36)37)17-21-43(3,38)39)23-34(44(40,41)20-9-19-42-2)18-16-25-11-5-4-6-12-25/h4-8,10-15,22,30H,9,16-21,23H2,1-3H3,(H,33,35)(H,36,37). The summed E-state index contributed by atoms with van der Waals surface area (Å²) in [5.41, 5.74) is 3.92. The van der Waals surface area contributed by atoms with E-state index in [1.165, 1.54) is 11.4 Å². The molecule has 2 N–H and O–H groups in total. The van der Waals surface area contributed by atoms with Gasteiger partial charge in [0.05, 0.1) is 11.5 Å². The van der Waals surface area contributed by atoms with Crippen molar-refractivity contribution < 1.29 is 36.3 Å². The van der Waals surface area contributed by atoms with Gasteiger partial charge < -0.3 is 15.2 Å². The van der Waals surface area contributed by atoms with Crippen LogP contribution in [0.15, 0.2) is 72.8 Å². The van der Waals surface area contributed by atoms with Crippen molar-refractivity contribution in [1.82, 2.24) is 9.62 Å². The molecular formula is C32H40N2O8S2. The smallest absolute Gasteiger partial charge is 0.326 e. The van der Waals surface area contributed by atoms with Crippen LogP contribution < -0.4 is 5.32 Å². The van der Waals surface area contributed by atoms with E-state index in [0.717, 1.165) is 22.9 Å². The normalized spacial score (nSPS) is 12.6.